The second kappa shape index (κ2) is 10.2. The number of nitrogens with zero attached hydrogens (tertiary/aromatic N) is 5. The van der Waals surface area contributed by atoms with Gasteiger partial charge in [0.05, 0.1) is 28.3 Å². The summed E-state index contributed by atoms with van der Waals surface area (Å²) in [5, 5.41) is 10.6. The molecule has 0 saturated heterocycles. The van der Waals surface area contributed by atoms with E-state index >= 15 is 0 Å². The van der Waals surface area contributed by atoms with Gasteiger partial charge in [-0.25, -0.2) is 0 Å². The minimum Gasteiger partial charge on any atom is -0.308 e. The van der Waals surface area contributed by atoms with E-state index in [0.717, 1.165) is 51.2 Å². The zero-order chi connectivity index (χ0) is 29.7. The van der Waals surface area contributed by atoms with Gasteiger partial charge in [0.1, 0.15) is 0 Å². The van der Waals surface area contributed by atoms with Crippen LogP contribution in [0.3, 0.4) is 0 Å². The van der Waals surface area contributed by atoms with Crippen molar-refractivity contribution in [2.24, 2.45) is 0 Å². The molecular weight excluding hydrogens is 550 g/mol. The summed E-state index contributed by atoms with van der Waals surface area (Å²) in [4.78, 5) is 2.37. The van der Waals surface area contributed by atoms with Gasteiger partial charge < -0.3 is 9.47 Å². The number of para-hydroxylation sites is 4. The Bertz CT molecular complexity index is 2260. The van der Waals surface area contributed by atoms with Gasteiger partial charge in [-0.05, 0) is 54.6 Å². The molecule has 212 valence electrons. The Morgan fingerprint density at radius 1 is 0.400 bits per heavy atom. The molecule has 0 radical (unpaired) electrons. The third-order valence-electron chi connectivity index (χ3n) is 8.59. The van der Waals surface area contributed by atoms with Gasteiger partial charge in [-0.3, -0.25) is 4.57 Å². The molecule has 5 nitrogen and oxygen atoms in total. The van der Waals surface area contributed by atoms with Gasteiger partial charge in [0.15, 0.2) is 11.6 Å². The molecule has 3 heterocycles. The van der Waals surface area contributed by atoms with E-state index < -0.39 is 0 Å². The van der Waals surface area contributed by atoms with Crippen molar-refractivity contribution in [3.8, 4) is 45.4 Å². The second-order valence-corrected chi connectivity index (χ2v) is 11.2. The van der Waals surface area contributed by atoms with Gasteiger partial charge in [-0.2, -0.15) is 0 Å². The average Bonchev–Trinajstić information content (AvgIpc) is 3.70. The fourth-order valence-electron chi connectivity index (χ4n) is 6.58. The van der Waals surface area contributed by atoms with Gasteiger partial charge in [0, 0.05) is 33.5 Å². The maximum absolute atomic E-state index is 4.67. The van der Waals surface area contributed by atoms with Crippen molar-refractivity contribution in [1.82, 2.24) is 19.3 Å². The SMILES string of the molecule is c1ccc(-c2nnc(-c3ccccc3)n2-c2ccc(N3c4ccccc4-c4cc5ccccc5n4-c4ccccc43)cc2)cc1. The Morgan fingerprint density at radius 3 is 1.62 bits per heavy atom. The first-order valence-electron chi connectivity index (χ1n) is 15.1. The quantitative estimate of drug-likeness (QED) is 0.209. The first kappa shape index (κ1) is 25.3. The first-order chi connectivity index (χ1) is 22.3. The van der Waals surface area contributed by atoms with Crippen LogP contribution in [0.15, 0.2) is 164 Å². The molecule has 8 aromatic rings. The van der Waals surface area contributed by atoms with Crippen molar-refractivity contribution in [2.75, 3.05) is 4.90 Å². The standard InChI is InChI=1S/C40H27N5/c1-3-13-28(14-4-1)39-41-42-40(29-15-5-2-6-16-29)44(39)32-25-23-31(24-26-32)43-35-20-10-8-18-33(35)38-27-30-17-7-9-19-34(30)45(38)37-22-12-11-21-36(37)43/h1-27H. The first-order valence-corrected chi connectivity index (χ1v) is 15.1. The molecule has 5 heteroatoms. The summed E-state index contributed by atoms with van der Waals surface area (Å²) in [7, 11) is 0. The van der Waals surface area contributed by atoms with Crippen molar-refractivity contribution < 1.29 is 0 Å². The molecule has 2 aromatic heterocycles. The number of aromatic nitrogens is 4. The Morgan fingerprint density at radius 2 is 0.933 bits per heavy atom. The van der Waals surface area contributed by atoms with Crippen LogP contribution in [0.1, 0.15) is 0 Å². The van der Waals surface area contributed by atoms with Crippen molar-refractivity contribution in [2.45, 2.75) is 0 Å². The van der Waals surface area contributed by atoms with Crippen LogP contribution in [0.4, 0.5) is 17.1 Å². The van der Waals surface area contributed by atoms with Gasteiger partial charge in [0.25, 0.3) is 0 Å². The maximum atomic E-state index is 4.67. The van der Waals surface area contributed by atoms with Crippen molar-refractivity contribution in [3.05, 3.63) is 164 Å². The molecule has 0 fully saturated rings. The summed E-state index contributed by atoms with van der Waals surface area (Å²) in [5.41, 5.74) is 11.1. The molecule has 0 amide bonds. The molecular formula is C40H27N5. The molecule has 0 N–H and O–H groups in total. The lowest BCUT2D eigenvalue weighted by Gasteiger charge is -2.27. The molecule has 9 rings (SSSR count). The Kier molecular flexibility index (Phi) is 5.74. The minimum absolute atomic E-state index is 0.805. The van der Waals surface area contributed by atoms with Crippen LogP contribution in [-0.2, 0) is 0 Å². The Labute approximate surface area is 260 Å². The van der Waals surface area contributed by atoms with Gasteiger partial charge >= 0.3 is 0 Å². The van der Waals surface area contributed by atoms with Crippen LogP contribution in [0.5, 0.6) is 0 Å². The number of benzene rings is 6. The molecule has 0 unspecified atom stereocenters. The van der Waals surface area contributed by atoms with Crippen molar-refractivity contribution >= 4 is 28.0 Å². The van der Waals surface area contributed by atoms with Crippen molar-refractivity contribution in [3.63, 3.8) is 0 Å². The Hall–Kier alpha value is -6.20. The predicted octanol–water partition coefficient (Wildman–Crippen LogP) is 10.00. The number of anilines is 3. The summed E-state index contributed by atoms with van der Waals surface area (Å²) in [5.74, 6) is 1.61. The number of hydrogen-bond donors (Lipinski definition) is 0. The van der Waals surface area contributed by atoms with Crippen LogP contribution < -0.4 is 4.90 Å². The molecule has 0 saturated carbocycles. The molecule has 0 aliphatic carbocycles. The average molecular weight is 578 g/mol. The summed E-state index contributed by atoms with van der Waals surface area (Å²) >= 11 is 0. The van der Waals surface area contributed by atoms with Crippen LogP contribution in [0.2, 0.25) is 0 Å². The Balaban J connectivity index is 1.23. The summed E-state index contributed by atoms with van der Waals surface area (Å²) < 4.78 is 4.55. The lowest BCUT2D eigenvalue weighted by molar-refractivity contribution is 1.07. The molecule has 0 bridgehead atoms. The van der Waals surface area contributed by atoms with E-state index in [1.54, 1.807) is 0 Å². The zero-order valence-corrected chi connectivity index (χ0v) is 24.3. The highest BCUT2D eigenvalue weighted by Crippen LogP contribution is 2.48. The van der Waals surface area contributed by atoms with Gasteiger partial charge in [0.2, 0.25) is 0 Å². The van der Waals surface area contributed by atoms with Crippen LogP contribution in [0, 0.1) is 0 Å². The topological polar surface area (TPSA) is 38.9 Å². The molecule has 1 aliphatic heterocycles. The van der Waals surface area contributed by atoms with E-state index in [9.17, 15) is 0 Å². The molecule has 1 aliphatic rings. The monoisotopic (exact) mass is 577 g/mol. The predicted molar refractivity (Wildman–Crippen MR) is 183 cm³/mol. The highest BCUT2D eigenvalue weighted by atomic mass is 15.3. The molecule has 0 spiro atoms. The highest BCUT2D eigenvalue weighted by molar-refractivity contribution is 5.99. The molecule has 6 aromatic carbocycles. The minimum atomic E-state index is 0.805. The number of rotatable bonds is 4. The van der Waals surface area contributed by atoms with E-state index in [2.05, 4.69) is 152 Å². The largest absolute Gasteiger partial charge is 0.308 e. The highest BCUT2D eigenvalue weighted by Gasteiger charge is 2.27. The smallest absolute Gasteiger partial charge is 0.168 e. The molecule has 45 heavy (non-hydrogen) atoms. The van der Waals surface area contributed by atoms with E-state index in [4.69, 9.17) is 0 Å². The van der Waals surface area contributed by atoms with E-state index in [1.165, 1.54) is 22.2 Å². The summed E-state index contributed by atoms with van der Waals surface area (Å²) in [6.07, 6.45) is 0. The normalized spacial score (nSPS) is 12.0. The van der Waals surface area contributed by atoms with Crippen LogP contribution in [0.25, 0.3) is 56.3 Å². The fraction of sp³-hybridized carbons (Fsp3) is 0. The lowest BCUT2D eigenvalue weighted by Crippen LogP contribution is -2.11. The third kappa shape index (κ3) is 4.02. The fourth-order valence-corrected chi connectivity index (χ4v) is 6.58. The van der Waals surface area contributed by atoms with Gasteiger partial charge in [-0.15, -0.1) is 10.2 Å². The number of fused-ring (bicyclic) bond motifs is 7. The van der Waals surface area contributed by atoms with E-state index in [0.29, 0.717) is 0 Å². The zero-order valence-electron chi connectivity index (χ0n) is 24.3. The summed E-state index contributed by atoms with van der Waals surface area (Å²) in [6, 6.07) is 57.5. The van der Waals surface area contributed by atoms with E-state index in [-0.39, 0.29) is 0 Å². The second-order valence-electron chi connectivity index (χ2n) is 11.2. The van der Waals surface area contributed by atoms with Gasteiger partial charge in [-0.1, -0.05) is 109 Å². The van der Waals surface area contributed by atoms with E-state index in [1.807, 2.05) is 36.4 Å². The third-order valence-corrected chi connectivity index (χ3v) is 8.59. The number of hydrogen-bond acceptors (Lipinski definition) is 3. The van der Waals surface area contributed by atoms with Crippen LogP contribution >= 0.6 is 0 Å². The summed E-state index contributed by atoms with van der Waals surface area (Å²) in [6.45, 7) is 0. The lowest BCUT2D eigenvalue weighted by atomic mass is 10.1. The molecule has 0 atom stereocenters. The maximum Gasteiger partial charge on any atom is 0.168 e. The van der Waals surface area contributed by atoms with Crippen LogP contribution in [-0.4, -0.2) is 19.3 Å². The van der Waals surface area contributed by atoms with Crippen molar-refractivity contribution in [1.29, 1.82) is 0 Å².